The molecule has 2 aliphatic rings. The van der Waals surface area contributed by atoms with Gasteiger partial charge in [0.2, 0.25) is 0 Å². The Morgan fingerprint density at radius 1 is 0.750 bits per heavy atom. The third-order valence-corrected chi connectivity index (χ3v) is 3.01. The van der Waals surface area contributed by atoms with Crippen molar-refractivity contribution < 1.29 is 25.8 Å². The topological polar surface area (TPSA) is 0 Å². The fraction of sp³-hybridized carbons (Fsp3) is 0.600. The molecular formula is C20H35Cl2HfSi-2. The average molecular weight is 553 g/mol. The zero-order chi connectivity index (χ0) is 16.5. The minimum absolute atomic E-state index is 0. The second-order valence-corrected chi connectivity index (χ2v) is 8.63. The molecule has 0 nitrogen and oxygen atoms in total. The van der Waals surface area contributed by atoms with E-state index in [0.29, 0.717) is 10.8 Å². The molecule has 0 aliphatic heterocycles. The number of rotatable bonds is 0. The van der Waals surface area contributed by atoms with Gasteiger partial charge in [0.1, 0.15) is 0 Å². The second kappa shape index (κ2) is 15.8. The first-order valence-corrected chi connectivity index (χ1v) is 10.2. The van der Waals surface area contributed by atoms with E-state index in [9.17, 15) is 0 Å². The molecule has 0 bridgehead atoms. The molecule has 0 aromatic rings. The SMILES string of the molecule is CC(C)(C)C1=[C-]CC=C1.CC(C)(C)C1=[C-]CC=C1.C[SiH]C.Cl.Cl.[Hf]. The van der Waals surface area contributed by atoms with E-state index in [0.717, 1.165) is 22.4 Å². The molecular weight excluding hydrogens is 518 g/mol. The van der Waals surface area contributed by atoms with E-state index in [2.05, 4.69) is 91.1 Å². The molecule has 2 rings (SSSR count). The van der Waals surface area contributed by atoms with Crippen molar-refractivity contribution in [2.75, 3.05) is 0 Å². The van der Waals surface area contributed by atoms with Crippen LogP contribution in [-0.4, -0.2) is 9.52 Å². The van der Waals surface area contributed by atoms with Crippen LogP contribution in [0.2, 0.25) is 13.1 Å². The van der Waals surface area contributed by atoms with Crippen LogP contribution in [0, 0.1) is 23.0 Å². The summed E-state index contributed by atoms with van der Waals surface area (Å²) in [5.41, 5.74) is 3.30. The van der Waals surface area contributed by atoms with Gasteiger partial charge in [-0.1, -0.05) is 54.6 Å². The normalized spacial score (nSPS) is 14.5. The Bertz CT molecular complexity index is 382. The van der Waals surface area contributed by atoms with E-state index in [1.807, 2.05) is 0 Å². The van der Waals surface area contributed by atoms with Crippen LogP contribution in [0.4, 0.5) is 0 Å². The van der Waals surface area contributed by atoms with Crippen LogP contribution in [0.3, 0.4) is 0 Å². The minimum atomic E-state index is 0. The molecule has 0 amide bonds. The standard InChI is InChI=1S/2C9H13.C2H7Si.2ClH.Hf/c2*1-9(2,3)8-6-4-5-7-8;1-3-2;;;/h2*4,6H,5H2,1-3H3;3H,1-2H3;2*1H;/q2*-1;;;;. The quantitative estimate of drug-likeness (QED) is 0.229. The number of hydrogen-bond donors (Lipinski definition) is 0. The smallest absolute Gasteiger partial charge is 0.0213 e. The van der Waals surface area contributed by atoms with Crippen LogP contribution in [-0.2, 0) is 25.8 Å². The molecule has 0 saturated heterocycles. The van der Waals surface area contributed by atoms with Gasteiger partial charge in [-0.3, -0.25) is 12.2 Å². The van der Waals surface area contributed by atoms with Crippen molar-refractivity contribution in [1.82, 2.24) is 0 Å². The Morgan fingerprint density at radius 2 is 1.00 bits per heavy atom. The first-order chi connectivity index (χ1) is 9.62. The third kappa shape index (κ3) is 14.9. The van der Waals surface area contributed by atoms with Gasteiger partial charge >= 0.3 is 0 Å². The number of allylic oxidation sites excluding steroid dienone is 8. The summed E-state index contributed by atoms with van der Waals surface area (Å²) in [6, 6.07) is 0. The van der Waals surface area contributed by atoms with Gasteiger partial charge < -0.3 is 0 Å². The fourth-order valence-corrected chi connectivity index (χ4v) is 1.84. The van der Waals surface area contributed by atoms with E-state index in [1.165, 1.54) is 11.1 Å². The van der Waals surface area contributed by atoms with Crippen molar-refractivity contribution in [3.8, 4) is 0 Å². The van der Waals surface area contributed by atoms with Crippen molar-refractivity contribution in [3.05, 3.63) is 47.6 Å². The van der Waals surface area contributed by atoms with Gasteiger partial charge in [-0.05, 0) is 10.8 Å². The predicted octanol–water partition coefficient (Wildman–Crippen LogP) is 6.80. The maximum Gasteiger partial charge on any atom is 0.0213 e. The van der Waals surface area contributed by atoms with E-state index >= 15 is 0 Å². The molecule has 4 heteroatoms. The number of hydrogen-bond acceptors (Lipinski definition) is 0. The zero-order valence-electron chi connectivity index (χ0n) is 16.6. The summed E-state index contributed by atoms with van der Waals surface area (Å²) in [5.74, 6) is 0. The monoisotopic (exact) mass is 553 g/mol. The summed E-state index contributed by atoms with van der Waals surface area (Å²) in [4.78, 5) is 0. The van der Waals surface area contributed by atoms with Gasteiger partial charge in [0.15, 0.2) is 0 Å². The molecule has 0 unspecified atom stereocenters. The van der Waals surface area contributed by atoms with Gasteiger partial charge in [-0.2, -0.15) is 12.2 Å². The van der Waals surface area contributed by atoms with E-state index < -0.39 is 0 Å². The summed E-state index contributed by atoms with van der Waals surface area (Å²) in [6.45, 7) is 17.7. The Hall–Kier alpha value is 0.627. The predicted molar refractivity (Wildman–Crippen MR) is 113 cm³/mol. The third-order valence-electron chi connectivity index (χ3n) is 3.01. The van der Waals surface area contributed by atoms with Gasteiger partial charge in [-0.15, -0.1) is 37.7 Å². The Kier molecular flexibility index (Phi) is 21.3. The molecule has 0 N–H and O–H groups in total. The molecule has 1 radical (unpaired) electrons. The van der Waals surface area contributed by atoms with Gasteiger partial charge in [0, 0.05) is 35.4 Å². The molecule has 0 aromatic carbocycles. The Morgan fingerprint density at radius 3 is 1.08 bits per heavy atom. The van der Waals surface area contributed by atoms with E-state index in [1.54, 1.807) is 0 Å². The second-order valence-electron chi connectivity index (χ2n) is 7.47. The maximum absolute atomic E-state index is 3.30. The molecule has 0 fully saturated rings. The molecule has 0 aromatic heterocycles. The molecule has 139 valence electrons. The van der Waals surface area contributed by atoms with Crippen LogP contribution in [0.5, 0.6) is 0 Å². The first kappa shape index (κ1) is 32.3. The zero-order valence-corrected chi connectivity index (χ0v) is 23.0. The van der Waals surface area contributed by atoms with Gasteiger partial charge in [-0.25, -0.2) is 23.3 Å². The van der Waals surface area contributed by atoms with Crippen LogP contribution >= 0.6 is 24.8 Å². The number of halogens is 2. The van der Waals surface area contributed by atoms with E-state index in [4.69, 9.17) is 0 Å². The molecule has 24 heavy (non-hydrogen) atoms. The molecule has 0 heterocycles. The molecule has 2 aliphatic carbocycles. The first-order valence-electron chi connectivity index (χ1n) is 7.92. The molecule has 0 atom stereocenters. The Balaban J connectivity index is -0.000000130. The van der Waals surface area contributed by atoms with Crippen LogP contribution in [0.1, 0.15) is 54.4 Å². The summed E-state index contributed by atoms with van der Waals surface area (Å²) in [7, 11) is 0.750. The van der Waals surface area contributed by atoms with Crippen molar-refractivity contribution in [2.45, 2.75) is 67.5 Å². The molecule has 0 spiro atoms. The summed E-state index contributed by atoms with van der Waals surface area (Å²) in [5, 5.41) is 0. The van der Waals surface area contributed by atoms with Crippen molar-refractivity contribution in [1.29, 1.82) is 0 Å². The minimum Gasteiger partial charge on any atom is -0.269 e. The van der Waals surface area contributed by atoms with Crippen molar-refractivity contribution >= 4 is 34.3 Å². The molecule has 0 saturated carbocycles. The van der Waals surface area contributed by atoms with Crippen molar-refractivity contribution in [2.24, 2.45) is 10.8 Å². The summed E-state index contributed by atoms with van der Waals surface area (Å²) >= 11 is 0. The van der Waals surface area contributed by atoms with E-state index in [-0.39, 0.29) is 50.7 Å². The largest absolute Gasteiger partial charge is 0.269 e. The van der Waals surface area contributed by atoms with Crippen molar-refractivity contribution in [3.63, 3.8) is 0 Å². The van der Waals surface area contributed by atoms with Gasteiger partial charge in [0.25, 0.3) is 0 Å². The van der Waals surface area contributed by atoms with Gasteiger partial charge in [0.05, 0.1) is 0 Å². The Labute approximate surface area is 185 Å². The van der Waals surface area contributed by atoms with Crippen LogP contribution < -0.4 is 0 Å². The maximum atomic E-state index is 3.30. The van der Waals surface area contributed by atoms with Crippen LogP contribution in [0.15, 0.2) is 35.5 Å². The summed E-state index contributed by atoms with van der Waals surface area (Å²) in [6.07, 6.45) is 17.3. The summed E-state index contributed by atoms with van der Waals surface area (Å²) < 4.78 is 0. The van der Waals surface area contributed by atoms with Crippen LogP contribution in [0.25, 0.3) is 0 Å². The average Bonchev–Trinajstić information content (AvgIpc) is 3.03. The fourth-order valence-electron chi connectivity index (χ4n) is 1.84.